The molecule has 1 aliphatic rings. The molecule has 2 amide bonds. The van der Waals surface area contributed by atoms with Crippen molar-refractivity contribution >= 4 is 41.8 Å². The van der Waals surface area contributed by atoms with E-state index >= 15 is 0 Å². The first kappa shape index (κ1) is 24.6. The molecule has 1 saturated heterocycles. The standard InChI is InChI=1S/C23H29N5O2.HI/c1-3-24-23(27-15-20-7-5-4-6-17(20)2)26-14-18-8-10-19(11-9-18)22(30)28-13-12-25-21(29)16-28;/h4-11H,3,12-16H2,1-2H3,(H,25,29)(H2,24,26,27);1H. The third-order valence-electron chi connectivity index (χ3n) is 5.00. The summed E-state index contributed by atoms with van der Waals surface area (Å²) in [5, 5.41) is 9.35. The summed E-state index contributed by atoms with van der Waals surface area (Å²) in [5.41, 5.74) is 4.07. The number of nitrogens with one attached hydrogen (secondary N) is 3. The molecule has 0 unspecified atom stereocenters. The maximum atomic E-state index is 12.6. The van der Waals surface area contributed by atoms with Crippen LogP contribution in [0.25, 0.3) is 0 Å². The summed E-state index contributed by atoms with van der Waals surface area (Å²) in [5.74, 6) is 0.517. The van der Waals surface area contributed by atoms with Gasteiger partial charge < -0.3 is 20.9 Å². The van der Waals surface area contributed by atoms with Crippen molar-refractivity contribution in [2.24, 2.45) is 4.99 Å². The molecule has 0 aromatic heterocycles. The van der Waals surface area contributed by atoms with Crippen LogP contribution in [0.15, 0.2) is 53.5 Å². The van der Waals surface area contributed by atoms with Crippen molar-refractivity contribution in [3.63, 3.8) is 0 Å². The van der Waals surface area contributed by atoms with Crippen LogP contribution in [0.4, 0.5) is 0 Å². The SMILES string of the molecule is CCNC(=NCc1ccc(C(=O)N2CCNC(=O)C2)cc1)NCc1ccccc1C.I. The average molecular weight is 535 g/mol. The molecule has 0 aliphatic carbocycles. The molecule has 0 saturated carbocycles. The normalized spacial score (nSPS) is 13.8. The Morgan fingerprint density at radius 2 is 1.87 bits per heavy atom. The largest absolute Gasteiger partial charge is 0.357 e. The lowest BCUT2D eigenvalue weighted by Crippen LogP contribution is -2.49. The van der Waals surface area contributed by atoms with Crippen LogP contribution in [0.3, 0.4) is 0 Å². The van der Waals surface area contributed by atoms with E-state index in [1.165, 1.54) is 11.1 Å². The van der Waals surface area contributed by atoms with Crippen LogP contribution in [0.5, 0.6) is 0 Å². The third-order valence-corrected chi connectivity index (χ3v) is 5.00. The van der Waals surface area contributed by atoms with Crippen LogP contribution < -0.4 is 16.0 Å². The van der Waals surface area contributed by atoms with E-state index in [9.17, 15) is 9.59 Å². The van der Waals surface area contributed by atoms with Gasteiger partial charge in [0.25, 0.3) is 5.91 Å². The highest BCUT2D eigenvalue weighted by Gasteiger charge is 2.22. The molecule has 166 valence electrons. The first-order chi connectivity index (χ1) is 14.6. The number of benzene rings is 2. The molecule has 0 atom stereocenters. The number of piperazine rings is 1. The summed E-state index contributed by atoms with van der Waals surface area (Å²) in [7, 11) is 0. The molecule has 2 aromatic rings. The highest BCUT2D eigenvalue weighted by molar-refractivity contribution is 14.0. The van der Waals surface area contributed by atoms with Crippen LogP contribution in [-0.4, -0.2) is 48.9 Å². The number of hydrogen-bond acceptors (Lipinski definition) is 3. The minimum Gasteiger partial charge on any atom is -0.357 e. The Morgan fingerprint density at radius 3 is 2.55 bits per heavy atom. The van der Waals surface area contributed by atoms with Crippen LogP contribution in [0, 0.1) is 6.92 Å². The number of aliphatic imine (C=N–C) groups is 1. The lowest BCUT2D eigenvalue weighted by atomic mass is 10.1. The van der Waals surface area contributed by atoms with E-state index < -0.39 is 0 Å². The number of amides is 2. The Balaban J connectivity index is 0.00000341. The third kappa shape index (κ3) is 7.23. The average Bonchev–Trinajstić information content (AvgIpc) is 2.76. The van der Waals surface area contributed by atoms with E-state index in [1.807, 2.05) is 31.2 Å². The number of hydrogen-bond donors (Lipinski definition) is 3. The number of carbonyl (C=O) groups excluding carboxylic acids is 2. The van der Waals surface area contributed by atoms with E-state index in [0.29, 0.717) is 31.7 Å². The van der Waals surface area contributed by atoms with Crippen molar-refractivity contribution in [3.8, 4) is 0 Å². The van der Waals surface area contributed by atoms with Gasteiger partial charge in [-0.25, -0.2) is 4.99 Å². The number of nitrogens with zero attached hydrogens (tertiary/aromatic N) is 2. The highest BCUT2D eigenvalue weighted by atomic mass is 127. The van der Waals surface area contributed by atoms with Gasteiger partial charge in [0.15, 0.2) is 5.96 Å². The Bertz CT molecular complexity index is 914. The van der Waals surface area contributed by atoms with E-state index in [1.54, 1.807) is 17.0 Å². The van der Waals surface area contributed by atoms with Gasteiger partial charge in [0.2, 0.25) is 5.91 Å². The summed E-state index contributed by atoms with van der Waals surface area (Å²) in [6.45, 7) is 7.26. The van der Waals surface area contributed by atoms with Crippen LogP contribution in [0.2, 0.25) is 0 Å². The second-order valence-corrected chi connectivity index (χ2v) is 7.25. The van der Waals surface area contributed by atoms with Gasteiger partial charge in [-0.3, -0.25) is 9.59 Å². The van der Waals surface area contributed by atoms with E-state index in [2.05, 4.69) is 40.0 Å². The Kier molecular flexibility index (Phi) is 9.77. The van der Waals surface area contributed by atoms with E-state index in [-0.39, 0.29) is 42.3 Å². The van der Waals surface area contributed by atoms with Gasteiger partial charge in [0.1, 0.15) is 0 Å². The zero-order valence-corrected chi connectivity index (χ0v) is 20.3. The minimum atomic E-state index is -0.117. The predicted molar refractivity (Wildman–Crippen MR) is 134 cm³/mol. The Labute approximate surface area is 200 Å². The van der Waals surface area contributed by atoms with Gasteiger partial charge in [-0.15, -0.1) is 24.0 Å². The zero-order valence-electron chi connectivity index (χ0n) is 18.0. The van der Waals surface area contributed by atoms with E-state index in [4.69, 9.17) is 0 Å². The Hall–Kier alpha value is -2.62. The summed E-state index contributed by atoms with van der Waals surface area (Å²) in [6.07, 6.45) is 0. The molecule has 1 heterocycles. The van der Waals surface area contributed by atoms with Crippen molar-refractivity contribution < 1.29 is 9.59 Å². The molecule has 2 aromatic carbocycles. The fourth-order valence-electron chi connectivity index (χ4n) is 3.25. The highest BCUT2D eigenvalue weighted by Crippen LogP contribution is 2.10. The number of guanidine groups is 1. The molecular formula is C23H30IN5O2. The summed E-state index contributed by atoms with van der Waals surface area (Å²) >= 11 is 0. The number of rotatable bonds is 6. The van der Waals surface area contributed by atoms with Crippen molar-refractivity contribution in [3.05, 3.63) is 70.8 Å². The molecule has 3 rings (SSSR count). The second-order valence-electron chi connectivity index (χ2n) is 7.25. The van der Waals surface area contributed by atoms with Gasteiger partial charge in [-0.05, 0) is 42.7 Å². The molecule has 8 heteroatoms. The molecule has 0 spiro atoms. The van der Waals surface area contributed by atoms with Gasteiger partial charge in [0.05, 0.1) is 13.1 Å². The van der Waals surface area contributed by atoms with Crippen LogP contribution in [0.1, 0.15) is 34.0 Å². The molecule has 1 aliphatic heterocycles. The monoisotopic (exact) mass is 535 g/mol. The number of carbonyl (C=O) groups is 2. The van der Waals surface area contributed by atoms with Crippen molar-refractivity contribution in [1.82, 2.24) is 20.9 Å². The number of aryl methyl sites for hydroxylation is 1. The molecule has 0 bridgehead atoms. The van der Waals surface area contributed by atoms with Crippen molar-refractivity contribution in [1.29, 1.82) is 0 Å². The molecule has 0 radical (unpaired) electrons. The maximum Gasteiger partial charge on any atom is 0.254 e. The second kappa shape index (κ2) is 12.3. The molecule has 7 nitrogen and oxygen atoms in total. The summed E-state index contributed by atoms with van der Waals surface area (Å²) in [4.78, 5) is 30.3. The van der Waals surface area contributed by atoms with Crippen molar-refractivity contribution in [2.75, 3.05) is 26.2 Å². The molecule has 1 fully saturated rings. The fraction of sp³-hybridized carbons (Fsp3) is 0.348. The minimum absolute atomic E-state index is 0. The summed E-state index contributed by atoms with van der Waals surface area (Å²) in [6, 6.07) is 15.7. The first-order valence-corrected chi connectivity index (χ1v) is 10.3. The smallest absolute Gasteiger partial charge is 0.254 e. The van der Waals surface area contributed by atoms with Gasteiger partial charge in [0, 0.05) is 31.7 Å². The van der Waals surface area contributed by atoms with E-state index in [0.717, 1.165) is 18.1 Å². The fourth-order valence-corrected chi connectivity index (χ4v) is 3.25. The number of halogens is 1. The Morgan fingerprint density at radius 1 is 1.13 bits per heavy atom. The predicted octanol–water partition coefficient (Wildman–Crippen LogP) is 2.44. The quantitative estimate of drug-likeness (QED) is 0.302. The van der Waals surface area contributed by atoms with Gasteiger partial charge in [-0.2, -0.15) is 0 Å². The van der Waals surface area contributed by atoms with Gasteiger partial charge in [-0.1, -0.05) is 36.4 Å². The van der Waals surface area contributed by atoms with Crippen LogP contribution >= 0.6 is 24.0 Å². The topological polar surface area (TPSA) is 85.8 Å². The maximum absolute atomic E-state index is 12.6. The lowest BCUT2D eigenvalue weighted by Gasteiger charge is -2.26. The molecule has 31 heavy (non-hydrogen) atoms. The molecular weight excluding hydrogens is 505 g/mol. The summed E-state index contributed by atoms with van der Waals surface area (Å²) < 4.78 is 0. The van der Waals surface area contributed by atoms with Gasteiger partial charge >= 0.3 is 0 Å². The van der Waals surface area contributed by atoms with Crippen LogP contribution in [-0.2, 0) is 17.9 Å². The zero-order chi connectivity index (χ0) is 21.3. The van der Waals surface area contributed by atoms with Crippen molar-refractivity contribution in [2.45, 2.75) is 26.9 Å². The lowest BCUT2D eigenvalue weighted by molar-refractivity contribution is -0.123. The first-order valence-electron chi connectivity index (χ1n) is 10.3. The molecule has 3 N–H and O–H groups in total.